The van der Waals surface area contributed by atoms with E-state index in [-0.39, 0.29) is 17.8 Å². The monoisotopic (exact) mass is 416 g/mol. The van der Waals surface area contributed by atoms with E-state index in [1.807, 2.05) is 0 Å². The van der Waals surface area contributed by atoms with Crippen LogP contribution in [0.4, 0.5) is 20.2 Å². The van der Waals surface area contributed by atoms with Gasteiger partial charge in [-0.1, -0.05) is 24.6 Å². The van der Waals surface area contributed by atoms with E-state index in [1.54, 1.807) is 26.0 Å². The molecule has 0 saturated heterocycles. The standard InChI is InChI=1S/C18H19ClF2N2O3S/c1-4-17(18(24)22-12-6-8-15(20)16(21)9-12)23(27(3,25)26)13-7-5-11(2)14(19)10-13/h5-10,17H,4H2,1-3H3,(H,22,24)/t17-/m1/s1. The van der Waals surface area contributed by atoms with Gasteiger partial charge in [-0.3, -0.25) is 9.10 Å². The minimum atomic E-state index is -3.83. The van der Waals surface area contributed by atoms with Crippen LogP contribution < -0.4 is 9.62 Å². The third-order valence-corrected chi connectivity index (χ3v) is 5.51. The maximum atomic E-state index is 13.4. The van der Waals surface area contributed by atoms with Gasteiger partial charge in [0.05, 0.1) is 11.9 Å². The molecular weight excluding hydrogens is 398 g/mol. The van der Waals surface area contributed by atoms with Crippen LogP contribution in [0, 0.1) is 18.6 Å². The first-order valence-corrected chi connectivity index (χ1v) is 10.3. The number of rotatable bonds is 6. The Morgan fingerprint density at radius 2 is 1.85 bits per heavy atom. The van der Waals surface area contributed by atoms with Gasteiger partial charge in [0.15, 0.2) is 11.6 Å². The quantitative estimate of drug-likeness (QED) is 0.770. The predicted molar refractivity (Wildman–Crippen MR) is 103 cm³/mol. The molecule has 0 aromatic heterocycles. The molecule has 2 aromatic carbocycles. The lowest BCUT2D eigenvalue weighted by Gasteiger charge is -2.30. The van der Waals surface area contributed by atoms with E-state index in [9.17, 15) is 22.0 Å². The molecular formula is C18H19ClF2N2O3S. The van der Waals surface area contributed by atoms with Crippen molar-refractivity contribution in [3.8, 4) is 0 Å². The number of hydrogen-bond acceptors (Lipinski definition) is 3. The number of aryl methyl sites for hydroxylation is 1. The van der Waals surface area contributed by atoms with Gasteiger partial charge < -0.3 is 5.32 Å². The fraction of sp³-hybridized carbons (Fsp3) is 0.278. The van der Waals surface area contributed by atoms with Crippen LogP contribution in [0.2, 0.25) is 5.02 Å². The lowest BCUT2D eigenvalue weighted by Crippen LogP contribution is -2.47. The molecule has 0 unspecified atom stereocenters. The maximum absolute atomic E-state index is 13.4. The van der Waals surface area contributed by atoms with Gasteiger partial charge >= 0.3 is 0 Å². The van der Waals surface area contributed by atoms with Crippen LogP contribution in [-0.2, 0) is 14.8 Å². The molecule has 1 atom stereocenters. The third kappa shape index (κ3) is 4.95. The number of carbonyl (C=O) groups is 1. The smallest absolute Gasteiger partial charge is 0.248 e. The van der Waals surface area contributed by atoms with Crippen molar-refractivity contribution in [2.45, 2.75) is 26.3 Å². The number of carbonyl (C=O) groups excluding carboxylic acids is 1. The van der Waals surface area contributed by atoms with Crippen LogP contribution in [0.1, 0.15) is 18.9 Å². The Morgan fingerprint density at radius 3 is 2.37 bits per heavy atom. The fourth-order valence-electron chi connectivity index (χ4n) is 2.58. The molecule has 0 radical (unpaired) electrons. The summed E-state index contributed by atoms with van der Waals surface area (Å²) in [5.74, 6) is -2.84. The summed E-state index contributed by atoms with van der Waals surface area (Å²) in [6, 6.07) is 6.45. The topological polar surface area (TPSA) is 66.5 Å². The zero-order valence-electron chi connectivity index (χ0n) is 15.0. The van der Waals surface area contributed by atoms with Crippen molar-refractivity contribution in [3.05, 3.63) is 58.6 Å². The molecule has 9 heteroatoms. The van der Waals surface area contributed by atoms with Gasteiger partial charge in [-0.05, 0) is 43.2 Å². The number of anilines is 2. The molecule has 0 aliphatic carbocycles. The SMILES string of the molecule is CC[C@H](C(=O)Nc1ccc(F)c(F)c1)N(c1ccc(C)c(Cl)c1)S(C)(=O)=O. The Morgan fingerprint density at radius 1 is 1.19 bits per heavy atom. The van der Waals surface area contributed by atoms with E-state index in [0.29, 0.717) is 5.02 Å². The normalized spacial score (nSPS) is 12.5. The van der Waals surface area contributed by atoms with E-state index in [2.05, 4.69) is 5.32 Å². The predicted octanol–water partition coefficient (Wildman–Crippen LogP) is 4.11. The van der Waals surface area contributed by atoms with Crippen molar-refractivity contribution in [1.82, 2.24) is 0 Å². The Hall–Kier alpha value is -2.19. The van der Waals surface area contributed by atoms with Gasteiger partial charge in [-0.25, -0.2) is 17.2 Å². The summed E-state index contributed by atoms with van der Waals surface area (Å²) in [6.45, 7) is 3.41. The Kier molecular flexibility index (Phi) is 6.43. The van der Waals surface area contributed by atoms with Crippen LogP contribution in [-0.4, -0.2) is 26.6 Å². The molecule has 1 N–H and O–H groups in total. The van der Waals surface area contributed by atoms with Crippen molar-refractivity contribution in [2.24, 2.45) is 0 Å². The number of hydrogen-bond donors (Lipinski definition) is 1. The molecule has 2 rings (SSSR count). The molecule has 0 bridgehead atoms. The molecule has 0 spiro atoms. The first-order chi connectivity index (χ1) is 12.5. The highest BCUT2D eigenvalue weighted by molar-refractivity contribution is 7.92. The van der Waals surface area contributed by atoms with Crippen LogP contribution in [0.15, 0.2) is 36.4 Å². The molecule has 0 fully saturated rings. The molecule has 0 heterocycles. The van der Waals surface area contributed by atoms with Gasteiger partial charge in [0.2, 0.25) is 15.9 Å². The summed E-state index contributed by atoms with van der Waals surface area (Å²) in [5, 5.41) is 2.78. The van der Waals surface area contributed by atoms with Crippen molar-refractivity contribution in [3.63, 3.8) is 0 Å². The summed E-state index contributed by atoms with van der Waals surface area (Å²) in [5.41, 5.74) is 1.02. The van der Waals surface area contributed by atoms with Gasteiger partial charge in [-0.2, -0.15) is 0 Å². The Labute approximate surface area is 162 Å². The number of nitrogens with zero attached hydrogens (tertiary/aromatic N) is 1. The van der Waals surface area contributed by atoms with Crippen molar-refractivity contribution in [2.75, 3.05) is 15.9 Å². The molecule has 0 aliphatic heterocycles. The van der Waals surface area contributed by atoms with Crippen molar-refractivity contribution >= 4 is 38.9 Å². The molecule has 146 valence electrons. The lowest BCUT2D eigenvalue weighted by atomic mass is 10.1. The zero-order valence-corrected chi connectivity index (χ0v) is 16.5. The minimum absolute atomic E-state index is 0.0211. The largest absolute Gasteiger partial charge is 0.324 e. The molecule has 1 amide bonds. The van der Waals surface area contributed by atoms with Gasteiger partial charge in [0.1, 0.15) is 6.04 Å². The number of benzene rings is 2. The van der Waals surface area contributed by atoms with Gasteiger partial charge in [-0.15, -0.1) is 0 Å². The van der Waals surface area contributed by atoms with Crippen LogP contribution in [0.5, 0.6) is 0 Å². The average Bonchev–Trinajstić information content (AvgIpc) is 2.57. The first kappa shape index (κ1) is 21.1. The average molecular weight is 417 g/mol. The van der Waals surface area contributed by atoms with Crippen molar-refractivity contribution < 1.29 is 22.0 Å². The summed E-state index contributed by atoms with van der Waals surface area (Å²) in [7, 11) is -3.83. The molecule has 2 aromatic rings. The Bertz CT molecular complexity index is 967. The van der Waals surface area contributed by atoms with E-state index in [4.69, 9.17) is 11.6 Å². The van der Waals surface area contributed by atoms with E-state index >= 15 is 0 Å². The van der Waals surface area contributed by atoms with Crippen molar-refractivity contribution in [1.29, 1.82) is 0 Å². The van der Waals surface area contributed by atoms with Gasteiger partial charge in [0.25, 0.3) is 0 Å². The van der Waals surface area contributed by atoms with E-state index in [1.165, 1.54) is 12.1 Å². The van der Waals surface area contributed by atoms with E-state index in [0.717, 1.165) is 28.3 Å². The Balaban J connectivity index is 2.40. The zero-order chi connectivity index (χ0) is 20.4. The first-order valence-electron chi connectivity index (χ1n) is 8.06. The van der Waals surface area contributed by atoms with Crippen LogP contribution >= 0.6 is 11.6 Å². The fourth-order valence-corrected chi connectivity index (χ4v) is 3.96. The number of halogens is 3. The lowest BCUT2D eigenvalue weighted by molar-refractivity contribution is -0.117. The second-order valence-corrected chi connectivity index (χ2v) is 8.30. The summed E-state index contributed by atoms with van der Waals surface area (Å²) >= 11 is 6.10. The molecule has 0 aliphatic rings. The van der Waals surface area contributed by atoms with Crippen LogP contribution in [0.3, 0.4) is 0 Å². The van der Waals surface area contributed by atoms with Gasteiger partial charge in [0, 0.05) is 16.8 Å². The highest BCUT2D eigenvalue weighted by Crippen LogP contribution is 2.28. The highest BCUT2D eigenvalue weighted by atomic mass is 35.5. The molecule has 27 heavy (non-hydrogen) atoms. The summed E-state index contributed by atoms with van der Waals surface area (Å²) in [6.07, 6.45) is 1.13. The minimum Gasteiger partial charge on any atom is -0.324 e. The summed E-state index contributed by atoms with van der Waals surface area (Å²) in [4.78, 5) is 12.7. The summed E-state index contributed by atoms with van der Waals surface area (Å²) < 4.78 is 52.1. The van der Waals surface area contributed by atoms with Crippen LogP contribution in [0.25, 0.3) is 0 Å². The second kappa shape index (κ2) is 8.22. The molecule has 5 nitrogen and oxygen atoms in total. The molecule has 0 saturated carbocycles. The second-order valence-electron chi connectivity index (χ2n) is 6.03. The number of nitrogens with one attached hydrogen (secondary N) is 1. The van der Waals surface area contributed by atoms with E-state index < -0.39 is 33.6 Å². The number of sulfonamides is 1. The highest BCUT2D eigenvalue weighted by Gasteiger charge is 2.32. The maximum Gasteiger partial charge on any atom is 0.248 e. The third-order valence-electron chi connectivity index (χ3n) is 3.93. The number of amides is 1.